The minimum atomic E-state index is -0.642. The van der Waals surface area contributed by atoms with Crippen LogP contribution in [0.4, 0.5) is 10.5 Å². The van der Waals surface area contributed by atoms with Gasteiger partial charge < -0.3 is 5.73 Å². The first kappa shape index (κ1) is 12.1. The summed E-state index contributed by atoms with van der Waals surface area (Å²) in [6, 6.07) is 18.0. The van der Waals surface area contributed by atoms with E-state index in [9.17, 15) is 4.79 Å². The van der Waals surface area contributed by atoms with Gasteiger partial charge in [-0.3, -0.25) is 4.84 Å². The molecule has 0 spiro atoms. The number of hydroxylamine groups is 1. The summed E-state index contributed by atoms with van der Waals surface area (Å²) < 4.78 is 0. The van der Waals surface area contributed by atoms with E-state index in [2.05, 4.69) is 0 Å². The van der Waals surface area contributed by atoms with Crippen LogP contribution in [0.2, 0.25) is 0 Å². The highest BCUT2D eigenvalue weighted by atomic mass is 16.7. The molecule has 0 heterocycles. The summed E-state index contributed by atoms with van der Waals surface area (Å²) in [5.41, 5.74) is 6.88. The molecule has 4 nitrogen and oxygen atoms in total. The van der Waals surface area contributed by atoms with Crippen molar-refractivity contribution < 1.29 is 9.63 Å². The molecule has 0 radical (unpaired) electrons. The van der Waals surface area contributed by atoms with Crippen LogP contribution in [0.25, 0.3) is 0 Å². The van der Waals surface area contributed by atoms with Crippen LogP contribution < -0.4 is 10.8 Å². The number of hydrogen-bond donors (Lipinski definition) is 1. The molecule has 2 aromatic rings. The van der Waals surface area contributed by atoms with Crippen LogP contribution in [0.5, 0.6) is 0 Å². The second kappa shape index (κ2) is 5.84. The number of rotatable bonds is 4. The van der Waals surface area contributed by atoms with E-state index in [4.69, 9.17) is 10.6 Å². The van der Waals surface area contributed by atoms with E-state index in [1.165, 1.54) is 0 Å². The van der Waals surface area contributed by atoms with Crippen molar-refractivity contribution in [3.8, 4) is 0 Å². The molecule has 0 atom stereocenters. The first-order chi connectivity index (χ1) is 8.77. The van der Waals surface area contributed by atoms with Gasteiger partial charge in [0.05, 0.1) is 5.69 Å². The average molecular weight is 242 g/mol. The summed E-state index contributed by atoms with van der Waals surface area (Å²) in [6.07, 6.45) is 0. The van der Waals surface area contributed by atoms with Gasteiger partial charge in [0.15, 0.2) is 0 Å². The molecule has 2 N–H and O–H groups in total. The lowest BCUT2D eigenvalue weighted by Gasteiger charge is -2.19. The van der Waals surface area contributed by atoms with E-state index in [1.54, 1.807) is 12.1 Å². The first-order valence-corrected chi connectivity index (χ1v) is 5.59. The second-order valence-corrected chi connectivity index (χ2v) is 3.73. The topological polar surface area (TPSA) is 55.6 Å². The summed E-state index contributed by atoms with van der Waals surface area (Å²) in [6.45, 7) is 0.290. The van der Waals surface area contributed by atoms with Crippen LogP contribution >= 0.6 is 0 Å². The summed E-state index contributed by atoms with van der Waals surface area (Å²) >= 11 is 0. The number of para-hydroxylation sites is 1. The maximum atomic E-state index is 11.3. The van der Waals surface area contributed by atoms with Gasteiger partial charge in [-0.2, -0.15) is 5.06 Å². The van der Waals surface area contributed by atoms with Crippen molar-refractivity contribution in [1.82, 2.24) is 0 Å². The van der Waals surface area contributed by atoms with Crippen LogP contribution in [-0.2, 0) is 11.4 Å². The van der Waals surface area contributed by atoms with Crippen molar-refractivity contribution in [1.29, 1.82) is 0 Å². The Labute approximate surface area is 106 Å². The zero-order valence-corrected chi connectivity index (χ0v) is 9.82. The molecule has 92 valence electrons. The monoisotopic (exact) mass is 242 g/mol. The van der Waals surface area contributed by atoms with Gasteiger partial charge >= 0.3 is 6.03 Å². The van der Waals surface area contributed by atoms with E-state index < -0.39 is 6.03 Å². The molecular formula is C14H14N2O2. The molecular weight excluding hydrogens is 228 g/mol. The van der Waals surface area contributed by atoms with Crippen LogP contribution in [0, 0.1) is 0 Å². The highest BCUT2D eigenvalue weighted by Gasteiger charge is 2.12. The Hall–Kier alpha value is -2.33. The van der Waals surface area contributed by atoms with Gasteiger partial charge in [-0.25, -0.2) is 4.79 Å². The van der Waals surface area contributed by atoms with Crippen LogP contribution in [0.1, 0.15) is 5.56 Å². The van der Waals surface area contributed by atoms with Crippen molar-refractivity contribution in [2.75, 3.05) is 5.06 Å². The predicted octanol–water partition coefficient (Wildman–Crippen LogP) is 2.70. The highest BCUT2D eigenvalue weighted by molar-refractivity contribution is 5.88. The van der Waals surface area contributed by atoms with Crippen molar-refractivity contribution >= 4 is 11.7 Å². The Kier molecular flexibility index (Phi) is 3.94. The molecule has 2 amide bonds. The Balaban J connectivity index is 2.06. The first-order valence-electron chi connectivity index (χ1n) is 5.59. The number of nitrogens with two attached hydrogens (primary N) is 1. The Morgan fingerprint density at radius 3 is 2.11 bits per heavy atom. The van der Waals surface area contributed by atoms with Gasteiger partial charge in [0.1, 0.15) is 6.61 Å². The number of nitrogens with zero attached hydrogens (tertiary/aromatic N) is 1. The molecule has 0 saturated carbocycles. The molecule has 0 aliphatic rings. The van der Waals surface area contributed by atoms with Crippen molar-refractivity contribution in [2.45, 2.75) is 6.61 Å². The highest BCUT2D eigenvalue weighted by Crippen LogP contribution is 2.14. The number of anilines is 1. The standard InChI is InChI=1S/C14H14N2O2/c15-14(17)16(13-9-5-2-6-10-13)18-11-12-7-3-1-4-8-12/h1-10H,11H2,(H2,15,17). The third-order valence-electron chi connectivity index (χ3n) is 2.39. The van der Waals surface area contributed by atoms with Gasteiger partial charge in [-0.15, -0.1) is 0 Å². The molecule has 0 aliphatic carbocycles. The third kappa shape index (κ3) is 3.09. The van der Waals surface area contributed by atoms with Crippen LogP contribution in [-0.4, -0.2) is 6.03 Å². The van der Waals surface area contributed by atoms with E-state index in [0.717, 1.165) is 10.6 Å². The summed E-state index contributed by atoms with van der Waals surface area (Å²) in [5, 5.41) is 1.09. The fourth-order valence-electron chi connectivity index (χ4n) is 1.54. The molecule has 0 saturated heterocycles. The smallest absolute Gasteiger partial charge is 0.343 e. The summed E-state index contributed by atoms with van der Waals surface area (Å²) in [5.74, 6) is 0. The van der Waals surface area contributed by atoms with Gasteiger partial charge in [-0.05, 0) is 17.7 Å². The fourth-order valence-corrected chi connectivity index (χ4v) is 1.54. The Morgan fingerprint density at radius 2 is 1.56 bits per heavy atom. The zero-order valence-electron chi connectivity index (χ0n) is 9.82. The fraction of sp³-hybridized carbons (Fsp3) is 0.0714. The molecule has 18 heavy (non-hydrogen) atoms. The number of carbonyl (C=O) groups excluding carboxylic acids is 1. The van der Waals surface area contributed by atoms with Gasteiger partial charge in [0.2, 0.25) is 0 Å². The van der Waals surface area contributed by atoms with Gasteiger partial charge in [-0.1, -0.05) is 48.5 Å². The SMILES string of the molecule is NC(=O)N(OCc1ccccc1)c1ccccc1. The molecule has 0 unspecified atom stereocenters. The quantitative estimate of drug-likeness (QED) is 0.838. The number of primary amides is 1. The number of amides is 2. The number of benzene rings is 2. The predicted molar refractivity (Wildman–Crippen MR) is 69.7 cm³/mol. The summed E-state index contributed by atoms with van der Waals surface area (Å²) in [7, 11) is 0. The maximum absolute atomic E-state index is 11.3. The van der Waals surface area contributed by atoms with Crippen LogP contribution in [0.15, 0.2) is 60.7 Å². The summed E-state index contributed by atoms with van der Waals surface area (Å²) in [4.78, 5) is 16.8. The number of hydrogen-bond acceptors (Lipinski definition) is 2. The number of urea groups is 1. The molecule has 0 fully saturated rings. The minimum absolute atomic E-state index is 0.290. The minimum Gasteiger partial charge on any atom is -0.349 e. The molecule has 2 aromatic carbocycles. The lowest BCUT2D eigenvalue weighted by molar-refractivity contribution is 0.108. The molecule has 2 rings (SSSR count). The normalized spacial score (nSPS) is 10.0. The van der Waals surface area contributed by atoms with E-state index in [0.29, 0.717) is 12.3 Å². The number of carbonyl (C=O) groups is 1. The van der Waals surface area contributed by atoms with Gasteiger partial charge in [0, 0.05) is 0 Å². The third-order valence-corrected chi connectivity index (χ3v) is 2.39. The van der Waals surface area contributed by atoms with Crippen molar-refractivity contribution in [3.63, 3.8) is 0 Å². The van der Waals surface area contributed by atoms with Crippen LogP contribution in [0.3, 0.4) is 0 Å². The zero-order chi connectivity index (χ0) is 12.8. The van der Waals surface area contributed by atoms with Crippen molar-refractivity contribution in [3.05, 3.63) is 66.2 Å². The maximum Gasteiger partial charge on any atom is 0.343 e. The Bertz CT molecular complexity index is 500. The van der Waals surface area contributed by atoms with Gasteiger partial charge in [0.25, 0.3) is 0 Å². The van der Waals surface area contributed by atoms with E-state index in [1.807, 2.05) is 48.5 Å². The molecule has 4 heteroatoms. The lowest BCUT2D eigenvalue weighted by atomic mass is 10.2. The largest absolute Gasteiger partial charge is 0.349 e. The lowest BCUT2D eigenvalue weighted by Crippen LogP contribution is -2.35. The van der Waals surface area contributed by atoms with Crippen molar-refractivity contribution in [2.24, 2.45) is 5.73 Å². The van der Waals surface area contributed by atoms with E-state index >= 15 is 0 Å². The van der Waals surface area contributed by atoms with E-state index in [-0.39, 0.29) is 0 Å². The molecule has 0 aliphatic heterocycles. The molecule has 0 aromatic heterocycles. The average Bonchev–Trinajstić information content (AvgIpc) is 2.41. The Morgan fingerprint density at radius 1 is 1.00 bits per heavy atom. The molecule has 0 bridgehead atoms. The second-order valence-electron chi connectivity index (χ2n) is 3.73.